The molecule has 3 atom stereocenters. The molecule has 0 aliphatic rings. The monoisotopic (exact) mass is 228 g/mol. The van der Waals surface area contributed by atoms with E-state index in [9.17, 15) is 5.11 Å². The van der Waals surface area contributed by atoms with E-state index in [-0.39, 0.29) is 6.10 Å². The van der Waals surface area contributed by atoms with E-state index in [0.717, 1.165) is 12.3 Å². The molecule has 1 nitrogen and oxygen atoms in total. The van der Waals surface area contributed by atoms with Gasteiger partial charge in [0.25, 0.3) is 0 Å². The van der Waals surface area contributed by atoms with E-state index < -0.39 is 0 Å². The lowest BCUT2D eigenvalue weighted by molar-refractivity contribution is 0.0652. The highest BCUT2D eigenvalue weighted by Crippen LogP contribution is 2.40. The molecule has 0 fully saturated rings. The van der Waals surface area contributed by atoms with Gasteiger partial charge < -0.3 is 5.11 Å². The largest absolute Gasteiger partial charge is 0.393 e. The molecule has 16 heavy (non-hydrogen) atoms. The smallest absolute Gasteiger partial charge is 0.0563 e. The third-order valence-electron chi connectivity index (χ3n) is 4.83. The molecule has 0 saturated heterocycles. The van der Waals surface area contributed by atoms with Gasteiger partial charge in [-0.2, -0.15) is 0 Å². The van der Waals surface area contributed by atoms with Crippen molar-refractivity contribution in [1.82, 2.24) is 0 Å². The second-order valence-corrected chi connectivity index (χ2v) is 5.65. The first-order valence-corrected chi connectivity index (χ1v) is 7.13. The van der Waals surface area contributed by atoms with Crippen LogP contribution in [0.3, 0.4) is 0 Å². The van der Waals surface area contributed by atoms with E-state index in [1.54, 1.807) is 0 Å². The summed E-state index contributed by atoms with van der Waals surface area (Å²) in [4.78, 5) is 0. The number of aliphatic hydroxyl groups is 1. The Morgan fingerprint density at radius 2 is 1.50 bits per heavy atom. The molecule has 0 radical (unpaired) electrons. The summed E-state index contributed by atoms with van der Waals surface area (Å²) in [6.45, 7) is 13.6. The van der Waals surface area contributed by atoms with Crippen LogP contribution >= 0.6 is 0 Å². The zero-order chi connectivity index (χ0) is 12.8. The average molecular weight is 228 g/mol. The minimum absolute atomic E-state index is 0.119. The second-order valence-electron chi connectivity index (χ2n) is 5.65. The van der Waals surface area contributed by atoms with E-state index >= 15 is 0 Å². The molecule has 1 N–H and O–H groups in total. The van der Waals surface area contributed by atoms with E-state index in [4.69, 9.17) is 0 Å². The number of aliphatic hydroxyl groups excluding tert-OH is 1. The topological polar surface area (TPSA) is 20.2 Å². The fraction of sp³-hybridized carbons (Fsp3) is 1.00. The summed E-state index contributed by atoms with van der Waals surface area (Å²) in [5.41, 5.74) is 0.455. The van der Waals surface area contributed by atoms with Crippen molar-refractivity contribution in [2.24, 2.45) is 17.3 Å². The van der Waals surface area contributed by atoms with E-state index in [1.807, 2.05) is 0 Å². The normalized spacial score (nSPS) is 18.2. The van der Waals surface area contributed by atoms with Gasteiger partial charge in [0, 0.05) is 0 Å². The Bertz CT molecular complexity index is 172. The van der Waals surface area contributed by atoms with Crippen molar-refractivity contribution in [2.75, 3.05) is 0 Å². The Hall–Kier alpha value is -0.0400. The molecule has 0 aromatic rings. The predicted molar refractivity (Wildman–Crippen MR) is 72.5 cm³/mol. The van der Waals surface area contributed by atoms with Crippen LogP contribution in [0.1, 0.15) is 73.6 Å². The fourth-order valence-corrected chi connectivity index (χ4v) is 2.78. The maximum atomic E-state index is 9.88. The lowest BCUT2D eigenvalue weighted by Gasteiger charge is -2.38. The van der Waals surface area contributed by atoms with Gasteiger partial charge in [0.15, 0.2) is 0 Å². The Morgan fingerprint density at radius 1 is 1.00 bits per heavy atom. The molecule has 0 aromatic heterocycles. The van der Waals surface area contributed by atoms with Gasteiger partial charge >= 0.3 is 0 Å². The first kappa shape index (κ1) is 16.0. The summed E-state index contributed by atoms with van der Waals surface area (Å²) < 4.78 is 0. The maximum absolute atomic E-state index is 9.88. The van der Waals surface area contributed by atoms with Crippen molar-refractivity contribution in [3.63, 3.8) is 0 Å². The first-order valence-electron chi connectivity index (χ1n) is 7.13. The van der Waals surface area contributed by atoms with Crippen molar-refractivity contribution in [2.45, 2.75) is 79.8 Å². The predicted octanol–water partition coefficient (Wildman–Crippen LogP) is 4.64. The summed E-state index contributed by atoms with van der Waals surface area (Å²) in [5, 5.41) is 9.88. The number of hydrogen-bond acceptors (Lipinski definition) is 1. The van der Waals surface area contributed by atoms with Crippen LogP contribution in [0.5, 0.6) is 0 Å². The van der Waals surface area contributed by atoms with Gasteiger partial charge in [-0.15, -0.1) is 0 Å². The fourth-order valence-electron chi connectivity index (χ4n) is 2.78. The number of rotatable bonds is 8. The summed E-state index contributed by atoms with van der Waals surface area (Å²) in [7, 11) is 0. The van der Waals surface area contributed by atoms with Gasteiger partial charge in [0.2, 0.25) is 0 Å². The van der Waals surface area contributed by atoms with Crippen LogP contribution in [0.25, 0.3) is 0 Å². The van der Waals surface area contributed by atoms with Crippen molar-refractivity contribution in [3.05, 3.63) is 0 Å². The van der Waals surface area contributed by atoms with E-state index in [0.29, 0.717) is 11.3 Å². The molecule has 3 unspecified atom stereocenters. The number of hydrogen-bond donors (Lipinski definition) is 1. The van der Waals surface area contributed by atoms with Crippen LogP contribution < -0.4 is 0 Å². The van der Waals surface area contributed by atoms with Crippen LogP contribution in [0.4, 0.5) is 0 Å². The van der Waals surface area contributed by atoms with Crippen LogP contribution in [0.15, 0.2) is 0 Å². The minimum atomic E-state index is -0.119. The van der Waals surface area contributed by atoms with Crippen LogP contribution in [-0.2, 0) is 0 Å². The molecular formula is C15H32O. The third-order valence-corrected chi connectivity index (χ3v) is 4.83. The van der Waals surface area contributed by atoms with Crippen LogP contribution in [-0.4, -0.2) is 11.2 Å². The summed E-state index contributed by atoms with van der Waals surface area (Å²) in [6.07, 6.45) is 5.66. The summed E-state index contributed by atoms with van der Waals surface area (Å²) >= 11 is 0. The Balaban J connectivity index is 4.50. The van der Waals surface area contributed by atoms with Gasteiger partial charge in [0.05, 0.1) is 6.10 Å². The highest BCUT2D eigenvalue weighted by Gasteiger charge is 2.31. The van der Waals surface area contributed by atoms with Gasteiger partial charge in [-0.1, -0.05) is 60.8 Å². The van der Waals surface area contributed by atoms with Crippen molar-refractivity contribution in [3.8, 4) is 0 Å². The highest BCUT2D eigenvalue weighted by atomic mass is 16.3. The Morgan fingerprint density at radius 3 is 1.81 bits per heavy atom. The lowest BCUT2D eigenvalue weighted by Crippen LogP contribution is -2.30. The standard InChI is InChI=1S/C15H32O/c1-7-13(15(6,9-3)10-4)11-12(5)14(16)8-2/h12-14,16H,7-11H2,1-6H3. The third kappa shape index (κ3) is 4.08. The van der Waals surface area contributed by atoms with Crippen LogP contribution in [0.2, 0.25) is 0 Å². The molecule has 0 rings (SSSR count). The molecule has 0 saturated carbocycles. The van der Waals surface area contributed by atoms with Crippen molar-refractivity contribution >= 4 is 0 Å². The molecule has 0 bridgehead atoms. The molecule has 1 heteroatoms. The zero-order valence-corrected chi connectivity index (χ0v) is 12.2. The molecule has 0 spiro atoms. The lowest BCUT2D eigenvalue weighted by atomic mass is 9.68. The average Bonchev–Trinajstić information content (AvgIpc) is 2.33. The molecule has 0 aliphatic heterocycles. The van der Waals surface area contributed by atoms with E-state index in [1.165, 1.54) is 25.7 Å². The quantitative estimate of drug-likeness (QED) is 0.642. The van der Waals surface area contributed by atoms with Gasteiger partial charge in [-0.05, 0) is 30.1 Å². The Labute approximate surface area is 103 Å². The van der Waals surface area contributed by atoms with Gasteiger partial charge in [-0.3, -0.25) is 0 Å². The van der Waals surface area contributed by atoms with Gasteiger partial charge in [-0.25, -0.2) is 0 Å². The van der Waals surface area contributed by atoms with Crippen molar-refractivity contribution in [1.29, 1.82) is 0 Å². The molecule has 98 valence electrons. The SMILES string of the molecule is CCC(O)C(C)CC(CC)C(C)(CC)CC. The summed E-state index contributed by atoms with van der Waals surface area (Å²) in [5.74, 6) is 1.19. The molecule has 0 aliphatic carbocycles. The van der Waals surface area contributed by atoms with Gasteiger partial charge in [0.1, 0.15) is 0 Å². The molecular weight excluding hydrogens is 196 g/mol. The molecule has 0 aromatic carbocycles. The van der Waals surface area contributed by atoms with Crippen molar-refractivity contribution < 1.29 is 5.11 Å². The summed E-state index contributed by atoms with van der Waals surface area (Å²) in [6, 6.07) is 0. The second kappa shape index (κ2) is 7.32. The highest BCUT2D eigenvalue weighted by molar-refractivity contribution is 4.82. The maximum Gasteiger partial charge on any atom is 0.0563 e. The van der Waals surface area contributed by atoms with E-state index in [2.05, 4.69) is 41.5 Å². The molecule has 0 heterocycles. The first-order chi connectivity index (χ1) is 7.45. The minimum Gasteiger partial charge on any atom is -0.393 e. The zero-order valence-electron chi connectivity index (χ0n) is 12.2. The Kier molecular flexibility index (Phi) is 7.30. The van der Waals surface area contributed by atoms with Crippen LogP contribution in [0, 0.1) is 17.3 Å². The molecule has 0 amide bonds.